The fourth-order valence-corrected chi connectivity index (χ4v) is 1.07. The van der Waals surface area contributed by atoms with Crippen LogP contribution in [0.15, 0.2) is 0 Å². The first kappa shape index (κ1) is 12.1. The van der Waals surface area contributed by atoms with Crippen LogP contribution in [0.5, 0.6) is 0 Å². The number of rotatable bonds is 7. The van der Waals surface area contributed by atoms with E-state index in [1.54, 1.807) is 6.92 Å². The minimum atomic E-state index is -0.348. The monoisotopic (exact) mass is 185 g/mol. The van der Waals surface area contributed by atoms with Gasteiger partial charge in [0.1, 0.15) is 6.29 Å². The molecule has 0 aliphatic rings. The summed E-state index contributed by atoms with van der Waals surface area (Å²) in [5, 5.41) is 2.60. The van der Waals surface area contributed by atoms with Gasteiger partial charge in [0.25, 0.3) is 0 Å². The molecular weight excluding hydrogens is 166 g/mol. The Morgan fingerprint density at radius 3 is 2.62 bits per heavy atom. The van der Waals surface area contributed by atoms with E-state index in [4.69, 9.17) is 0 Å². The first-order valence-electron chi connectivity index (χ1n) is 4.95. The van der Waals surface area contributed by atoms with Gasteiger partial charge in [0.2, 0.25) is 5.91 Å². The van der Waals surface area contributed by atoms with Crippen molar-refractivity contribution in [2.75, 3.05) is 0 Å². The fourth-order valence-electron chi connectivity index (χ4n) is 1.07. The summed E-state index contributed by atoms with van der Waals surface area (Å²) >= 11 is 0. The molecule has 0 aromatic heterocycles. The predicted molar refractivity (Wildman–Crippen MR) is 52.4 cm³/mol. The lowest BCUT2D eigenvalue weighted by molar-refractivity contribution is -0.123. The Kier molecular flexibility index (Phi) is 7.26. The molecule has 76 valence electrons. The number of hydrogen-bond donors (Lipinski definition) is 1. The van der Waals surface area contributed by atoms with Crippen LogP contribution in [-0.2, 0) is 9.59 Å². The van der Waals surface area contributed by atoms with E-state index in [0.29, 0.717) is 6.42 Å². The van der Waals surface area contributed by atoms with Crippen molar-refractivity contribution < 1.29 is 9.59 Å². The summed E-state index contributed by atoms with van der Waals surface area (Å²) in [6.45, 7) is 3.81. The van der Waals surface area contributed by atoms with Crippen LogP contribution in [0.3, 0.4) is 0 Å². The Labute approximate surface area is 79.9 Å². The highest BCUT2D eigenvalue weighted by Crippen LogP contribution is 2.01. The molecule has 0 aromatic carbocycles. The van der Waals surface area contributed by atoms with Gasteiger partial charge in [-0.3, -0.25) is 4.79 Å². The summed E-state index contributed by atoms with van der Waals surface area (Å²) < 4.78 is 0. The number of nitrogens with one attached hydrogen (secondary N) is 1. The van der Waals surface area contributed by atoms with E-state index in [-0.39, 0.29) is 11.9 Å². The maximum absolute atomic E-state index is 11.1. The topological polar surface area (TPSA) is 46.2 Å². The lowest BCUT2D eigenvalue weighted by atomic mass is 10.1. The molecule has 1 N–H and O–H groups in total. The summed E-state index contributed by atoms with van der Waals surface area (Å²) in [6.07, 6.45) is 5.65. The average Bonchev–Trinajstić information content (AvgIpc) is 2.12. The van der Waals surface area contributed by atoms with Gasteiger partial charge in [-0.25, -0.2) is 0 Å². The molecule has 1 atom stereocenters. The molecule has 3 nitrogen and oxygen atoms in total. The lowest BCUT2D eigenvalue weighted by Crippen LogP contribution is -2.33. The standard InChI is InChI=1S/C10H19NO2/c1-3-4-5-6-7-10(13)11-9(2)8-12/h8-9H,3-7H2,1-2H3,(H,11,13). The van der Waals surface area contributed by atoms with Gasteiger partial charge in [-0.1, -0.05) is 26.2 Å². The number of unbranched alkanes of at least 4 members (excludes halogenated alkanes) is 3. The van der Waals surface area contributed by atoms with Crippen LogP contribution in [0.1, 0.15) is 46.0 Å². The van der Waals surface area contributed by atoms with Gasteiger partial charge < -0.3 is 10.1 Å². The largest absolute Gasteiger partial charge is 0.347 e. The van der Waals surface area contributed by atoms with Gasteiger partial charge in [0.15, 0.2) is 0 Å². The molecule has 0 spiro atoms. The van der Waals surface area contributed by atoms with Crippen LogP contribution in [-0.4, -0.2) is 18.2 Å². The quantitative estimate of drug-likeness (QED) is 0.484. The summed E-state index contributed by atoms with van der Waals surface area (Å²) in [4.78, 5) is 21.3. The molecule has 3 heteroatoms. The van der Waals surface area contributed by atoms with Crippen LogP contribution < -0.4 is 5.32 Å². The Morgan fingerprint density at radius 2 is 2.08 bits per heavy atom. The molecule has 13 heavy (non-hydrogen) atoms. The molecule has 0 aliphatic carbocycles. The molecule has 0 fully saturated rings. The zero-order valence-electron chi connectivity index (χ0n) is 8.51. The van der Waals surface area contributed by atoms with Crippen molar-refractivity contribution in [3.05, 3.63) is 0 Å². The zero-order valence-corrected chi connectivity index (χ0v) is 8.51. The van der Waals surface area contributed by atoms with Crippen molar-refractivity contribution in [2.45, 2.75) is 52.0 Å². The van der Waals surface area contributed by atoms with Crippen LogP contribution in [0.4, 0.5) is 0 Å². The molecule has 0 saturated carbocycles. The second kappa shape index (κ2) is 7.77. The highest BCUT2D eigenvalue weighted by atomic mass is 16.2. The molecular formula is C10H19NO2. The predicted octanol–water partition coefficient (Wildman–Crippen LogP) is 1.66. The maximum Gasteiger partial charge on any atom is 0.220 e. The third kappa shape index (κ3) is 7.50. The lowest BCUT2D eigenvalue weighted by Gasteiger charge is -2.06. The van der Waals surface area contributed by atoms with Gasteiger partial charge in [0, 0.05) is 6.42 Å². The first-order valence-corrected chi connectivity index (χ1v) is 4.95. The number of amides is 1. The van der Waals surface area contributed by atoms with E-state index >= 15 is 0 Å². The van der Waals surface area contributed by atoms with Crippen LogP contribution >= 0.6 is 0 Å². The van der Waals surface area contributed by atoms with Crippen molar-refractivity contribution in [3.8, 4) is 0 Å². The molecule has 0 saturated heterocycles. The fraction of sp³-hybridized carbons (Fsp3) is 0.800. The normalized spacial score (nSPS) is 12.2. The molecule has 1 amide bonds. The van der Waals surface area contributed by atoms with Crippen LogP contribution in [0.25, 0.3) is 0 Å². The van der Waals surface area contributed by atoms with E-state index in [9.17, 15) is 9.59 Å². The van der Waals surface area contributed by atoms with Gasteiger partial charge in [-0.05, 0) is 13.3 Å². The summed E-state index contributed by atoms with van der Waals surface area (Å²) in [5.74, 6) is -0.0179. The Bertz CT molecular complexity index is 157. The number of carbonyl (C=O) groups excluding carboxylic acids is 2. The van der Waals surface area contributed by atoms with E-state index in [1.807, 2.05) is 0 Å². The zero-order chi connectivity index (χ0) is 10.1. The van der Waals surface area contributed by atoms with Gasteiger partial charge in [-0.2, -0.15) is 0 Å². The van der Waals surface area contributed by atoms with Crippen LogP contribution in [0, 0.1) is 0 Å². The highest BCUT2D eigenvalue weighted by molar-refractivity contribution is 5.79. The molecule has 0 aliphatic heterocycles. The van der Waals surface area contributed by atoms with Gasteiger partial charge in [0.05, 0.1) is 6.04 Å². The van der Waals surface area contributed by atoms with Gasteiger partial charge in [-0.15, -0.1) is 0 Å². The second-order valence-electron chi connectivity index (χ2n) is 3.30. The molecule has 0 bridgehead atoms. The summed E-state index contributed by atoms with van der Waals surface area (Å²) in [6, 6.07) is -0.348. The van der Waals surface area contributed by atoms with Crippen molar-refractivity contribution >= 4 is 12.2 Å². The van der Waals surface area contributed by atoms with E-state index < -0.39 is 0 Å². The van der Waals surface area contributed by atoms with E-state index in [0.717, 1.165) is 19.1 Å². The smallest absolute Gasteiger partial charge is 0.220 e. The maximum atomic E-state index is 11.1. The number of aldehydes is 1. The first-order chi connectivity index (χ1) is 6.20. The van der Waals surface area contributed by atoms with Crippen molar-refractivity contribution in [2.24, 2.45) is 0 Å². The van der Waals surface area contributed by atoms with E-state index in [1.165, 1.54) is 12.8 Å². The average molecular weight is 185 g/mol. The van der Waals surface area contributed by atoms with E-state index in [2.05, 4.69) is 12.2 Å². The summed E-state index contributed by atoms with van der Waals surface area (Å²) in [7, 11) is 0. The van der Waals surface area contributed by atoms with Crippen LogP contribution in [0.2, 0.25) is 0 Å². The number of hydrogen-bond acceptors (Lipinski definition) is 2. The second-order valence-corrected chi connectivity index (χ2v) is 3.30. The third-order valence-corrected chi connectivity index (χ3v) is 1.85. The Balaban J connectivity index is 3.35. The van der Waals surface area contributed by atoms with Crippen molar-refractivity contribution in [1.29, 1.82) is 0 Å². The number of carbonyl (C=O) groups is 2. The van der Waals surface area contributed by atoms with Gasteiger partial charge >= 0.3 is 0 Å². The molecule has 0 radical (unpaired) electrons. The molecule has 0 aromatic rings. The van der Waals surface area contributed by atoms with Crippen molar-refractivity contribution in [1.82, 2.24) is 5.32 Å². The Hall–Kier alpha value is -0.860. The Morgan fingerprint density at radius 1 is 1.38 bits per heavy atom. The molecule has 0 rings (SSSR count). The SMILES string of the molecule is CCCCCCC(=O)NC(C)C=O. The third-order valence-electron chi connectivity index (χ3n) is 1.85. The molecule has 1 unspecified atom stereocenters. The minimum absolute atomic E-state index is 0.0179. The molecule has 0 heterocycles. The van der Waals surface area contributed by atoms with Crippen molar-refractivity contribution in [3.63, 3.8) is 0 Å². The highest BCUT2D eigenvalue weighted by Gasteiger charge is 2.04. The summed E-state index contributed by atoms with van der Waals surface area (Å²) in [5.41, 5.74) is 0. The minimum Gasteiger partial charge on any atom is -0.347 e.